The van der Waals surface area contributed by atoms with Gasteiger partial charge in [-0.1, -0.05) is 11.6 Å². The van der Waals surface area contributed by atoms with Crippen LogP contribution in [0.1, 0.15) is 30.1 Å². The van der Waals surface area contributed by atoms with Crippen LogP contribution in [0.3, 0.4) is 0 Å². The first kappa shape index (κ1) is 16.1. The standard InChI is InChI=1S/C17H21ClN2O3/c1-11(21)19-6-4-12-9-20(10-13(12)5-7-19)17(23)15-8-14(22)2-3-16(15)18/h2-3,8,12-13,22H,4-7,9-10H2,1H3/t12-,13+. The summed E-state index contributed by atoms with van der Waals surface area (Å²) in [6.45, 7) is 4.54. The maximum absolute atomic E-state index is 12.7. The van der Waals surface area contributed by atoms with E-state index in [0.29, 0.717) is 35.5 Å². The van der Waals surface area contributed by atoms with Gasteiger partial charge in [0.2, 0.25) is 5.91 Å². The van der Waals surface area contributed by atoms with Gasteiger partial charge in [0, 0.05) is 33.1 Å². The third kappa shape index (κ3) is 3.29. The van der Waals surface area contributed by atoms with E-state index in [1.807, 2.05) is 9.80 Å². The van der Waals surface area contributed by atoms with Crippen LogP contribution in [0.4, 0.5) is 0 Å². The van der Waals surface area contributed by atoms with Gasteiger partial charge in [-0.25, -0.2) is 0 Å². The lowest BCUT2D eigenvalue weighted by Crippen LogP contribution is -2.33. The van der Waals surface area contributed by atoms with Gasteiger partial charge in [0.1, 0.15) is 5.75 Å². The molecule has 2 amide bonds. The predicted molar refractivity (Wildman–Crippen MR) is 87.5 cm³/mol. The van der Waals surface area contributed by atoms with Crippen LogP contribution in [0, 0.1) is 11.8 Å². The van der Waals surface area contributed by atoms with Crippen molar-refractivity contribution in [2.24, 2.45) is 11.8 Å². The van der Waals surface area contributed by atoms with Gasteiger partial charge < -0.3 is 14.9 Å². The summed E-state index contributed by atoms with van der Waals surface area (Å²) in [7, 11) is 0. The van der Waals surface area contributed by atoms with E-state index in [-0.39, 0.29) is 17.6 Å². The monoisotopic (exact) mass is 336 g/mol. The van der Waals surface area contributed by atoms with Crippen molar-refractivity contribution in [3.05, 3.63) is 28.8 Å². The third-order valence-corrected chi connectivity index (χ3v) is 5.36. The van der Waals surface area contributed by atoms with Crippen LogP contribution in [0.2, 0.25) is 5.02 Å². The minimum absolute atomic E-state index is 0.0447. The summed E-state index contributed by atoms with van der Waals surface area (Å²) in [6.07, 6.45) is 1.86. The summed E-state index contributed by atoms with van der Waals surface area (Å²) in [5.74, 6) is 0.911. The van der Waals surface area contributed by atoms with Gasteiger partial charge in [-0.2, -0.15) is 0 Å². The SMILES string of the molecule is CC(=O)N1CC[C@@H]2CN(C(=O)c3cc(O)ccc3Cl)C[C@@H]2CC1. The van der Waals surface area contributed by atoms with Gasteiger partial charge >= 0.3 is 0 Å². The van der Waals surface area contributed by atoms with E-state index in [0.717, 1.165) is 25.9 Å². The van der Waals surface area contributed by atoms with Crippen molar-refractivity contribution >= 4 is 23.4 Å². The topological polar surface area (TPSA) is 60.9 Å². The fourth-order valence-electron chi connectivity index (χ4n) is 3.68. The van der Waals surface area contributed by atoms with E-state index in [1.54, 1.807) is 13.0 Å². The van der Waals surface area contributed by atoms with Crippen molar-refractivity contribution in [3.63, 3.8) is 0 Å². The predicted octanol–water partition coefficient (Wildman–Crippen LogP) is 2.38. The van der Waals surface area contributed by atoms with E-state index in [4.69, 9.17) is 11.6 Å². The Hall–Kier alpha value is -1.75. The molecule has 2 fully saturated rings. The Kier molecular flexibility index (Phi) is 4.48. The minimum atomic E-state index is -0.123. The van der Waals surface area contributed by atoms with Crippen LogP contribution in [0.5, 0.6) is 5.75 Å². The molecule has 2 saturated heterocycles. The second kappa shape index (κ2) is 6.40. The maximum Gasteiger partial charge on any atom is 0.255 e. The van der Waals surface area contributed by atoms with Crippen molar-refractivity contribution in [2.75, 3.05) is 26.2 Å². The second-order valence-electron chi connectivity index (χ2n) is 6.48. The number of rotatable bonds is 1. The van der Waals surface area contributed by atoms with Crippen molar-refractivity contribution in [1.29, 1.82) is 0 Å². The average Bonchev–Trinajstić information content (AvgIpc) is 2.82. The fourth-order valence-corrected chi connectivity index (χ4v) is 3.87. The number of phenols is 1. The molecule has 2 aliphatic heterocycles. The summed E-state index contributed by atoms with van der Waals surface area (Å²) < 4.78 is 0. The Morgan fingerprint density at radius 2 is 1.74 bits per heavy atom. The number of hydrogen-bond donors (Lipinski definition) is 1. The Balaban J connectivity index is 1.70. The number of likely N-dealkylation sites (tertiary alicyclic amines) is 2. The van der Waals surface area contributed by atoms with Crippen molar-refractivity contribution in [3.8, 4) is 5.75 Å². The molecule has 0 spiro atoms. The zero-order valence-electron chi connectivity index (χ0n) is 13.2. The van der Waals surface area contributed by atoms with E-state index in [2.05, 4.69) is 0 Å². The first-order valence-electron chi connectivity index (χ1n) is 7.99. The van der Waals surface area contributed by atoms with Gasteiger partial charge in [-0.3, -0.25) is 9.59 Å². The van der Waals surface area contributed by atoms with Crippen molar-refractivity contribution in [1.82, 2.24) is 9.80 Å². The highest BCUT2D eigenvalue weighted by Gasteiger charge is 2.37. The Labute approximate surface area is 140 Å². The molecule has 5 nitrogen and oxygen atoms in total. The van der Waals surface area contributed by atoms with Crippen LogP contribution < -0.4 is 0 Å². The molecule has 1 aromatic rings. The normalized spacial score (nSPS) is 24.3. The first-order chi connectivity index (χ1) is 11.0. The quantitative estimate of drug-likeness (QED) is 0.856. The number of amides is 2. The molecule has 0 aliphatic carbocycles. The first-order valence-corrected chi connectivity index (χ1v) is 8.37. The van der Waals surface area contributed by atoms with Crippen LogP contribution in [-0.4, -0.2) is 52.9 Å². The smallest absolute Gasteiger partial charge is 0.255 e. The van der Waals surface area contributed by atoms with Crippen LogP contribution in [0.15, 0.2) is 18.2 Å². The number of carbonyl (C=O) groups is 2. The van der Waals surface area contributed by atoms with E-state index < -0.39 is 0 Å². The molecule has 0 unspecified atom stereocenters. The molecule has 2 heterocycles. The lowest BCUT2D eigenvalue weighted by atomic mass is 9.92. The molecular weight excluding hydrogens is 316 g/mol. The highest BCUT2D eigenvalue weighted by atomic mass is 35.5. The van der Waals surface area contributed by atoms with Crippen molar-refractivity contribution < 1.29 is 14.7 Å². The lowest BCUT2D eigenvalue weighted by molar-refractivity contribution is -0.128. The zero-order valence-corrected chi connectivity index (χ0v) is 13.9. The number of hydrogen-bond acceptors (Lipinski definition) is 3. The number of fused-ring (bicyclic) bond motifs is 1. The molecule has 1 aromatic carbocycles. The molecule has 0 radical (unpaired) electrons. The summed E-state index contributed by atoms with van der Waals surface area (Å²) >= 11 is 6.10. The van der Waals surface area contributed by atoms with Crippen LogP contribution >= 0.6 is 11.6 Å². The molecule has 0 aromatic heterocycles. The summed E-state index contributed by atoms with van der Waals surface area (Å²) in [6, 6.07) is 4.45. The molecule has 124 valence electrons. The van der Waals surface area contributed by atoms with Gasteiger partial charge in [0.25, 0.3) is 5.91 Å². The van der Waals surface area contributed by atoms with Gasteiger partial charge in [0.05, 0.1) is 10.6 Å². The third-order valence-electron chi connectivity index (χ3n) is 5.03. The van der Waals surface area contributed by atoms with Crippen molar-refractivity contribution in [2.45, 2.75) is 19.8 Å². The second-order valence-corrected chi connectivity index (χ2v) is 6.89. The van der Waals surface area contributed by atoms with Gasteiger partial charge in [-0.05, 0) is 42.9 Å². The number of halogens is 1. The minimum Gasteiger partial charge on any atom is -0.508 e. The van der Waals surface area contributed by atoms with E-state index >= 15 is 0 Å². The highest BCUT2D eigenvalue weighted by Crippen LogP contribution is 2.33. The highest BCUT2D eigenvalue weighted by molar-refractivity contribution is 6.33. The molecule has 2 aliphatic rings. The van der Waals surface area contributed by atoms with E-state index in [9.17, 15) is 14.7 Å². The lowest BCUT2D eigenvalue weighted by Gasteiger charge is -2.21. The largest absolute Gasteiger partial charge is 0.508 e. The van der Waals surface area contributed by atoms with Crippen LogP contribution in [-0.2, 0) is 4.79 Å². The Morgan fingerprint density at radius 1 is 1.13 bits per heavy atom. The number of phenolic OH excluding ortho intramolecular Hbond substituents is 1. The molecule has 0 saturated carbocycles. The summed E-state index contributed by atoms with van der Waals surface area (Å²) in [5.41, 5.74) is 0.355. The maximum atomic E-state index is 12.7. The average molecular weight is 337 g/mol. The summed E-state index contributed by atoms with van der Waals surface area (Å²) in [4.78, 5) is 27.9. The van der Waals surface area contributed by atoms with Gasteiger partial charge in [-0.15, -0.1) is 0 Å². The number of benzene rings is 1. The van der Waals surface area contributed by atoms with E-state index in [1.165, 1.54) is 12.1 Å². The molecular formula is C17H21ClN2O3. The zero-order chi connectivity index (χ0) is 16.6. The van der Waals surface area contributed by atoms with Gasteiger partial charge in [0.15, 0.2) is 0 Å². The molecule has 3 rings (SSSR count). The molecule has 6 heteroatoms. The number of aromatic hydroxyl groups is 1. The molecule has 23 heavy (non-hydrogen) atoms. The molecule has 0 bridgehead atoms. The van der Waals surface area contributed by atoms with Crippen LogP contribution in [0.25, 0.3) is 0 Å². The summed E-state index contributed by atoms with van der Waals surface area (Å²) in [5, 5.41) is 9.95. The molecule has 1 N–H and O–H groups in total. The number of nitrogens with zero attached hydrogens (tertiary/aromatic N) is 2. The Morgan fingerprint density at radius 3 is 2.30 bits per heavy atom. The number of carbonyl (C=O) groups excluding carboxylic acids is 2. The Bertz CT molecular complexity index is 618. The fraction of sp³-hybridized carbons (Fsp3) is 0.529. The molecule has 2 atom stereocenters.